The molecule has 156 valence electrons. The Labute approximate surface area is 175 Å². The van der Waals surface area contributed by atoms with Crippen molar-refractivity contribution in [1.82, 2.24) is 5.32 Å². The number of anilines is 1. The Kier molecular flexibility index (Phi) is 6.83. The number of rotatable bonds is 6. The van der Waals surface area contributed by atoms with Crippen LogP contribution < -0.4 is 15.0 Å². The summed E-state index contributed by atoms with van der Waals surface area (Å²) in [5.41, 5.74) is 4.63. The average Bonchev–Trinajstić information content (AvgIpc) is 2.67. The summed E-state index contributed by atoms with van der Waals surface area (Å²) in [6, 6.07) is 14.5. The summed E-state index contributed by atoms with van der Waals surface area (Å²) in [5.74, 6) is 1.38. The van der Waals surface area contributed by atoms with Crippen LogP contribution in [0.4, 0.5) is 5.69 Å². The van der Waals surface area contributed by atoms with Crippen LogP contribution in [-0.4, -0.2) is 25.1 Å². The Morgan fingerprint density at radius 3 is 2.38 bits per heavy atom. The van der Waals surface area contributed by atoms with Gasteiger partial charge in [-0.05, 0) is 87.4 Å². The molecule has 0 bridgehead atoms. The normalized spacial score (nSPS) is 18.8. The van der Waals surface area contributed by atoms with Crippen molar-refractivity contribution in [2.75, 3.05) is 18.0 Å². The van der Waals surface area contributed by atoms with Gasteiger partial charge < -0.3 is 15.0 Å². The zero-order valence-corrected chi connectivity index (χ0v) is 18.4. The van der Waals surface area contributed by atoms with Crippen molar-refractivity contribution in [3.63, 3.8) is 0 Å². The Morgan fingerprint density at radius 1 is 1.10 bits per heavy atom. The minimum absolute atomic E-state index is 0.0675. The van der Waals surface area contributed by atoms with E-state index < -0.39 is 6.10 Å². The van der Waals surface area contributed by atoms with Crippen LogP contribution in [-0.2, 0) is 4.79 Å². The number of benzene rings is 2. The molecule has 0 spiro atoms. The van der Waals surface area contributed by atoms with E-state index in [9.17, 15) is 4.79 Å². The fraction of sp³-hybridized carbons (Fsp3) is 0.480. The smallest absolute Gasteiger partial charge is 0.261 e. The lowest BCUT2D eigenvalue weighted by Crippen LogP contribution is -2.37. The van der Waals surface area contributed by atoms with Crippen molar-refractivity contribution in [2.45, 2.75) is 59.6 Å². The fourth-order valence-corrected chi connectivity index (χ4v) is 4.07. The van der Waals surface area contributed by atoms with Gasteiger partial charge in [-0.2, -0.15) is 0 Å². The largest absolute Gasteiger partial charge is 0.481 e. The van der Waals surface area contributed by atoms with E-state index in [1.54, 1.807) is 6.92 Å². The molecule has 3 atom stereocenters. The lowest BCUT2D eigenvalue weighted by atomic mass is 9.99. The third-order valence-corrected chi connectivity index (χ3v) is 5.65. The Morgan fingerprint density at radius 2 is 1.76 bits per heavy atom. The van der Waals surface area contributed by atoms with E-state index in [2.05, 4.69) is 47.5 Å². The highest BCUT2D eigenvalue weighted by molar-refractivity contribution is 5.81. The van der Waals surface area contributed by atoms with Crippen LogP contribution in [0.3, 0.4) is 0 Å². The molecule has 3 rings (SSSR count). The summed E-state index contributed by atoms with van der Waals surface area (Å²) in [4.78, 5) is 15.1. The first-order chi connectivity index (χ1) is 13.8. The van der Waals surface area contributed by atoms with Gasteiger partial charge >= 0.3 is 0 Å². The standard InChI is InChI=1S/C25H34N2O2/c1-17-7-6-12-27(16-17)23-10-8-22(9-11-23)20(4)26-25(28)21(5)29-24-14-18(2)13-19(3)15-24/h8-11,13-15,17,20-21H,6-7,12,16H2,1-5H3,(H,26,28)/t17-,20+,21+/m1/s1. The van der Waals surface area contributed by atoms with Gasteiger partial charge in [0.15, 0.2) is 6.10 Å². The third kappa shape index (κ3) is 5.75. The number of nitrogens with zero attached hydrogens (tertiary/aromatic N) is 1. The maximum Gasteiger partial charge on any atom is 0.261 e. The van der Waals surface area contributed by atoms with Crippen molar-refractivity contribution in [3.05, 3.63) is 59.2 Å². The number of aryl methyl sites for hydroxylation is 2. The first-order valence-electron chi connectivity index (χ1n) is 10.7. The number of piperidine rings is 1. The minimum atomic E-state index is -0.548. The average molecular weight is 395 g/mol. The van der Waals surface area contributed by atoms with Crippen molar-refractivity contribution < 1.29 is 9.53 Å². The van der Waals surface area contributed by atoms with E-state index in [4.69, 9.17) is 4.74 Å². The zero-order valence-electron chi connectivity index (χ0n) is 18.4. The quantitative estimate of drug-likeness (QED) is 0.733. The van der Waals surface area contributed by atoms with E-state index in [0.717, 1.165) is 41.4 Å². The Hall–Kier alpha value is -2.49. The number of hydrogen-bond acceptors (Lipinski definition) is 3. The molecule has 0 aromatic heterocycles. The van der Waals surface area contributed by atoms with Crippen LogP contribution in [0.25, 0.3) is 0 Å². The molecule has 4 heteroatoms. The van der Waals surface area contributed by atoms with E-state index in [0.29, 0.717) is 0 Å². The topological polar surface area (TPSA) is 41.6 Å². The van der Waals surface area contributed by atoms with Gasteiger partial charge in [-0.15, -0.1) is 0 Å². The van der Waals surface area contributed by atoms with Crippen LogP contribution in [0.1, 0.15) is 56.3 Å². The summed E-state index contributed by atoms with van der Waals surface area (Å²) in [5, 5.41) is 3.07. The first-order valence-corrected chi connectivity index (χ1v) is 10.7. The van der Waals surface area contributed by atoms with Gasteiger partial charge in [0.1, 0.15) is 5.75 Å². The molecule has 4 nitrogen and oxygen atoms in total. The van der Waals surface area contributed by atoms with E-state index >= 15 is 0 Å². The van der Waals surface area contributed by atoms with Crippen LogP contribution in [0.2, 0.25) is 0 Å². The number of ether oxygens (including phenoxy) is 1. The SMILES string of the molecule is Cc1cc(C)cc(O[C@@H](C)C(=O)N[C@@H](C)c2ccc(N3CCC[C@@H](C)C3)cc2)c1. The predicted molar refractivity (Wildman–Crippen MR) is 120 cm³/mol. The van der Waals surface area contributed by atoms with Crippen molar-refractivity contribution in [1.29, 1.82) is 0 Å². The molecule has 0 saturated carbocycles. The second-order valence-corrected chi connectivity index (χ2v) is 8.60. The predicted octanol–water partition coefficient (Wildman–Crippen LogP) is 5.18. The van der Waals surface area contributed by atoms with E-state index in [1.807, 2.05) is 32.9 Å². The second-order valence-electron chi connectivity index (χ2n) is 8.60. The molecular formula is C25H34N2O2. The molecule has 29 heavy (non-hydrogen) atoms. The fourth-order valence-electron chi connectivity index (χ4n) is 4.07. The molecule has 1 fully saturated rings. The van der Waals surface area contributed by atoms with Gasteiger partial charge in [0.2, 0.25) is 0 Å². The summed E-state index contributed by atoms with van der Waals surface area (Å²) in [7, 11) is 0. The Balaban J connectivity index is 1.57. The lowest BCUT2D eigenvalue weighted by Gasteiger charge is -2.33. The molecule has 1 amide bonds. The summed E-state index contributed by atoms with van der Waals surface area (Å²) in [6.45, 7) is 12.4. The number of nitrogens with one attached hydrogen (secondary N) is 1. The lowest BCUT2D eigenvalue weighted by molar-refractivity contribution is -0.127. The molecule has 0 aliphatic carbocycles. The highest BCUT2D eigenvalue weighted by Crippen LogP contribution is 2.25. The second kappa shape index (κ2) is 9.34. The van der Waals surface area contributed by atoms with Crippen LogP contribution in [0.5, 0.6) is 5.75 Å². The number of carbonyl (C=O) groups excluding carboxylic acids is 1. The van der Waals surface area contributed by atoms with Crippen molar-refractivity contribution >= 4 is 11.6 Å². The summed E-state index contributed by atoms with van der Waals surface area (Å²) >= 11 is 0. The molecule has 1 N–H and O–H groups in total. The van der Waals surface area contributed by atoms with Gasteiger partial charge in [-0.3, -0.25) is 4.79 Å². The molecular weight excluding hydrogens is 360 g/mol. The van der Waals surface area contributed by atoms with E-state index in [-0.39, 0.29) is 11.9 Å². The van der Waals surface area contributed by atoms with Gasteiger partial charge in [-0.25, -0.2) is 0 Å². The molecule has 2 aromatic rings. The molecule has 1 aliphatic rings. The maximum absolute atomic E-state index is 12.6. The zero-order chi connectivity index (χ0) is 21.0. The van der Waals surface area contributed by atoms with Crippen molar-refractivity contribution in [2.24, 2.45) is 5.92 Å². The third-order valence-electron chi connectivity index (χ3n) is 5.65. The monoisotopic (exact) mass is 394 g/mol. The molecule has 0 unspecified atom stereocenters. The molecule has 1 aliphatic heterocycles. The number of amides is 1. The number of hydrogen-bond donors (Lipinski definition) is 1. The highest BCUT2D eigenvalue weighted by atomic mass is 16.5. The molecule has 2 aromatic carbocycles. The first kappa shape index (κ1) is 21.2. The van der Waals surface area contributed by atoms with Crippen LogP contribution in [0, 0.1) is 19.8 Å². The van der Waals surface area contributed by atoms with Gasteiger partial charge in [0, 0.05) is 18.8 Å². The molecule has 1 heterocycles. The Bertz CT molecular complexity index is 811. The van der Waals surface area contributed by atoms with Crippen LogP contribution in [0.15, 0.2) is 42.5 Å². The summed E-state index contributed by atoms with van der Waals surface area (Å²) in [6.07, 6.45) is 2.03. The van der Waals surface area contributed by atoms with Gasteiger partial charge in [0.05, 0.1) is 6.04 Å². The molecule has 0 radical (unpaired) electrons. The molecule has 1 saturated heterocycles. The van der Waals surface area contributed by atoms with Crippen molar-refractivity contribution in [3.8, 4) is 5.75 Å². The maximum atomic E-state index is 12.6. The highest BCUT2D eigenvalue weighted by Gasteiger charge is 2.19. The van der Waals surface area contributed by atoms with Gasteiger partial charge in [0.25, 0.3) is 5.91 Å². The summed E-state index contributed by atoms with van der Waals surface area (Å²) < 4.78 is 5.86. The van der Waals surface area contributed by atoms with Crippen LogP contribution >= 0.6 is 0 Å². The van der Waals surface area contributed by atoms with Gasteiger partial charge in [-0.1, -0.05) is 25.1 Å². The minimum Gasteiger partial charge on any atom is -0.481 e. The number of carbonyl (C=O) groups is 1. The van der Waals surface area contributed by atoms with E-state index in [1.165, 1.54) is 18.5 Å².